The summed E-state index contributed by atoms with van der Waals surface area (Å²) in [5.41, 5.74) is 0.636. The molecule has 21 heavy (non-hydrogen) atoms. The van der Waals surface area contributed by atoms with Gasteiger partial charge in [0.2, 0.25) is 0 Å². The predicted molar refractivity (Wildman–Crippen MR) is 81.8 cm³/mol. The molecule has 2 atom stereocenters. The highest BCUT2D eigenvalue weighted by molar-refractivity contribution is 7.84. The van der Waals surface area contributed by atoms with E-state index < -0.39 is 28.7 Å². The summed E-state index contributed by atoms with van der Waals surface area (Å²) in [5, 5.41) is 14.3. The second kappa shape index (κ2) is 9.12. The molecule has 2 amide bonds. The maximum atomic E-state index is 11.6. The molecule has 0 spiro atoms. The van der Waals surface area contributed by atoms with Crippen molar-refractivity contribution in [1.29, 1.82) is 0 Å². The van der Waals surface area contributed by atoms with Crippen LogP contribution in [0.1, 0.15) is 18.4 Å². The monoisotopic (exact) mass is 312 g/mol. The fraction of sp³-hybridized carbons (Fsp3) is 0.429. The molecule has 3 N–H and O–H groups in total. The van der Waals surface area contributed by atoms with Gasteiger partial charge in [0.25, 0.3) is 0 Å². The van der Waals surface area contributed by atoms with E-state index in [0.717, 1.165) is 0 Å². The number of carboxylic acid groups (broad SMARTS) is 1. The van der Waals surface area contributed by atoms with Crippen molar-refractivity contribution in [2.45, 2.75) is 12.8 Å². The lowest BCUT2D eigenvalue weighted by atomic mass is 9.99. The Morgan fingerprint density at radius 1 is 1.24 bits per heavy atom. The van der Waals surface area contributed by atoms with E-state index in [-0.39, 0.29) is 6.54 Å². The van der Waals surface area contributed by atoms with E-state index in [4.69, 9.17) is 0 Å². The molecule has 0 aliphatic heterocycles. The summed E-state index contributed by atoms with van der Waals surface area (Å²) < 4.78 is 11.2. The summed E-state index contributed by atoms with van der Waals surface area (Å²) in [6.45, 7) is 2.12. The van der Waals surface area contributed by atoms with E-state index in [1.807, 2.05) is 6.92 Å². The van der Waals surface area contributed by atoms with E-state index >= 15 is 0 Å². The summed E-state index contributed by atoms with van der Waals surface area (Å²) in [6, 6.07) is 8.28. The average molecular weight is 312 g/mol. The van der Waals surface area contributed by atoms with Crippen molar-refractivity contribution in [3.8, 4) is 0 Å². The van der Waals surface area contributed by atoms with E-state index in [1.54, 1.807) is 30.3 Å². The topological polar surface area (TPSA) is 95.5 Å². The number of aliphatic carboxylic acids is 1. The molecule has 0 bridgehead atoms. The molecular weight excluding hydrogens is 292 g/mol. The van der Waals surface area contributed by atoms with Crippen LogP contribution >= 0.6 is 0 Å². The molecule has 0 radical (unpaired) electrons. The highest BCUT2D eigenvalue weighted by Gasteiger charge is 2.20. The third kappa shape index (κ3) is 6.40. The Morgan fingerprint density at radius 3 is 2.48 bits per heavy atom. The normalized spacial score (nSPS) is 13.2. The molecule has 116 valence electrons. The number of benzene rings is 1. The van der Waals surface area contributed by atoms with Crippen molar-refractivity contribution in [3.05, 3.63) is 35.9 Å². The van der Waals surface area contributed by atoms with Gasteiger partial charge in [0.05, 0.1) is 5.92 Å². The number of nitrogens with one attached hydrogen (secondary N) is 2. The largest absolute Gasteiger partial charge is 0.481 e. The summed E-state index contributed by atoms with van der Waals surface area (Å²) in [5.74, 6) is -0.834. The second-order valence-corrected chi connectivity index (χ2v) is 6.24. The Bertz CT molecular complexity index is 493. The van der Waals surface area contributed by atoms with Crippen molar-refractivity contribution in [1.82, 2.24) is 10.6 Å². The van der Waals surface area contributed by atoms with Crippen LogP contribution < -0.4 is 10.6 Å². The number of amides is 2. The minimum Gasteiger partial charge on any atom is -0.481 e. The third-order valence-corrected chi connectivity index (χ3v) is 4.21. The van der Waals surface area contributed by atoms with Gasteiger partial charge in [-0.3, -0.25) is 9.00 Å². The predicted octanol–water partition coefficient (Wildman–Crippen LogP) is 0.923. The van der Waals surface area contributed by atoms with E-state index in [0.29, 0.717) is 23.6 Å². The van der Waals surface area contributed by atoms with Crippen molar-refractivity contribution < 1.29 is 18.9 Å². The first-order valence-electron chi connectivity index (χ1n) is 6.69. The van der Waals surface area contributed by atoms with Crippen LogP contribution in [-0.2, 0) is 15.6 Å². The van der Waals surface area contributed by atoms with Gasteiger partial charge in [-0.2, -0.15) is 0 Å². The lowest BCUT2D eigenvalue weighted by molar-refractivity contribution is -0.138. The van der Waals surface area contributed by atoms with Gasteiger partial charge in [0, 0.05) is 35.4 Å². The van der Waals surface area contributed by atoms with Crippen LogP contribution in [0.25, 0.3) is 0 Å². The molecule has 7 heteroatoms. The minimum absolute atomic E-state index is 0.00203. The van der Waals surface area contributed by atoms with E-state index in [9.17, 15) is 18.9 Å². The van der Waals surface area contributed by atoms with Gasteiger partial charge < -0.3 is 15.7 Å². The van der Waals surface area contributed by atoms with Crippen molar-refractivity contribution in [2.75, 3.05) is 24.6 Å². The number of carbonyl (C=O) groups is 2. The standard InChI is InChI=1S/C14H20N2O4S/c1-2-21(20)9-8-15-14(19)16-10-12(13(17)18)11-6-4-3-5-7-11/h3-7,12H,2,8-10H2,1H3,(H,17,18)(H2,15,16,19). The van der Waals surface area contributed by atoms with Crippen molar-refractivity contribution >= 4 is 22.8 Å². The lowest BCUT2D eigenvalue weighted by Gasteiger charge is -2.14. The summed E-state index contributed by atoms with van der Waals surface area (Å²) in [7, 11) is -0.930. The fourth-order valence-corrected chi connectivity index (χ4v) is 2.33. The quantitative estimate of drug-likeness (QED) is 0.665. The van der Waals surface area contributed by atoms with Crippen LogP contribution in [0, 0.1) is 0 Å². The fourth-order valence-electron chi connectivity index (χ4n) is 1.71. The zero-order valence-corrected chi connectivity index (χ0v) is 12.7. The van der Waals surface area contributed by atoms with Gasteiger partial charge in [-0.25, -0.2) is 4.79 Å². The van der Waals surface area contributed by atoms with Crippen LogP contribution in [0.5, 0.6) is 0 Å². The average Bonchev–Trinajstić information content (AvgIpc) is 2.48. The molecule has 0 aromatic heterocycles. The zero-order valence-electron chi connectivity index (χ0n) is 11.9. The van der Waals surface area contributed by atoms with Crippen LogP contribution in [0.15, 0.2) is 30.3 Å². The van der Waals surface area contributed by atoms with Crippen LogP contribution in [-0.4, -0.2) is 45.9 Å². The maximum Gasteiger partial charge on any atom is 0.314 e. The molecular formula is C14H20N2O4S. The second-order valence-electron chi connectivity index (χ2n) is 4.37. The molecule has 1 aromatic carbocycles. The van der Waals surface area contributed by atoms with Crippen molar-refractivity contribution in [2.24, 2.45) is 0 Å². The lowest BCUT2D eigenvalue weighted by Crippen LogP contribution is -2.40. The third-order valence-electron chi connectivity index (χ3n) is 2.90. The van der Waals surface area contributed by atoms with Gasteiger partial charge in [-0.1, -0.05) is 37.3 Å². The number of carboxylic acids is 1. The number of carbonyl (C=O) groups excluding carboxylic acids is 1. The molecule has 1 rings (SSSR count). The first-order chi connectivity index (χ1) is 10.0. The SMILES string of the molecule is CCS(=O)CCNC(=O)NCC(C(=O)O)c1ccccc1. The van der Waals surface area contributed by atoms with Gasteiger partial charge in [-0.05, 0) is 5.56 Å². The Balaban J connectivity index is 2.42. The van der Waals surface area contributed by atoms with Gasteiger partial charge in [-0.15, -0.1) is 0 Å². The number of rotatable bonds is 8. The van der Waals surface area contributed by atoms with Crippen LogP contribution in [0.2, 0.25) is 0 Å². The summed E-state index contributed by atoms with van der Waals surface area (Å²) >= 11 is 0. The van der Waals surface area contributed by atoms with E-state index in [2.05, 4.69) is 10.6 Å². The number of hydrogen-bond donors (Lipinski definition) is 3. The zero-order chi connectivity index (χ0) is 15.7. The van der Waals surface area contributed by atoms with Gasteiger partial charge in [0.15, 0.2) is 0 Å². The Morgan fingerprint density at radius 2 is 1.90 bits per heavy atom. The smallest absolute Gasteiger partial charge is 0.314 e. The Hall–Kier alpha value is -1.89. The van der Waals surface area contributed by atoms with Crippen LogP contribution in [0.4, 0.5) is 4.79 Å². The summed E-state index contributed by atoms with van der Waals surface area (Å²) in [4.78, 5) is 22.8. The number of urea groups is 1. The molecule has 6 nitrogen and oxygen atoms in total. The summed E-state index contributed by atoms with van der Waals surface area (Å²) in [6.07, 6.45) is 0. The molecule has 0 saturated carbocycles. The Labute approximate surface area is 126 Å². The van der Waals surface area contributed by atoms with Crippen LogP contribution in [0.3, 0.4) is 0 Å². The Kier molecular flexibility index (Phi) is 7.45. The maximum absolute atomic E-state index is 11.6. The molecule has 1 aromatic rings. The molecule has 0 saturated heterocycles. The minimum atomic E-state index is -0.992. The molecule has 0 fully saturated rings. The molecule has 2 unspecified atom stereocenters. The van der Waals surface area contributed by atoms with Gasteiger partial charge in [0.1, 0.15) is 0 Å². The first kappa shape index (κ1) is 17.2. The highest BCUT2D eigenvalue weighted by Crippen LogP contribution is 2.14. The highest BCUT2D eigenvalue weighted by atomic mass is 32.2. The van der Waals surface area contributed by atoms with Crippen molar-refractivity contribution in [3.63, 3.8) is 0 Å². The molecule has 0 aliphatic rings. The first-order valence-corrected chi connectivity index (χ1v) is 8.17. The van der Waals surface area contributed by atoms with Gasteiger partial charge >= 0.3 is 12.0 Å². The van der Waals surface area contributed by atoms with E-state index in [1.165, 1.54) is 0 Å². The molecule has 0 heterocycles. The molecule has 0 aliphatic carbocycles. The number of hydrogen-bond acceptors (Lipinski definition) is 3.